The van der Waals surface area contributed by atoms with E-state index in [9.17, 15) is 18.0 Å². The Morgan fingerprint density at radius 1 is 1.55 bits per heavy atom. The summed E-state index contributed by atoms with van der Waals surface area (Å²) in [5, 5.41) is 3.96. The van der Waals surface area contributed by atoms with Crippen LogP contribution >= 0.6 is 11.3 Å². The Kier molecular flexibility index (Phi) is 4.70. The molecule has 1 amide bonds. The highest BCUT2D eigenvalue weighted by Gasteiger charge is 2.30. The minimum Gasteiger partial charge on any atom is -0.346 e. The summed E-state index contributed by atoms with van der Waals surface area (Å²) in [7, 11) is 0. The lowest BCUT2D eigenvalue weighted by atomic mass is 9.98. The van der Waals surface area contributed by atoms with Crippen LogP contribution in [0.4, 0.5) is 13.2 Å². The van der Waals surface area contributed by atoms with Gasteiger partial charge in [0.15, 0.2) is 0 Å². The van der Waals surface area contributed by atoms with Gasteiger partial charge in [-0.1, -0.05) is 6.92 Å². The molecule has 0 aliphatic carbocycles. The Hall–Kier alpha value is -1.08. The van der Waals surface area contributed by atoms with Gasteiger partial charge in [-0.05, 0) is 29.9 Å². The minimum atomic E-state index is -4.36. The van der Waals surface area contributed by atoms with Crippen molar-refractivity contribution in [1.82, 2.24) is 10.2 Å². The van der Waals surface area contributed by atoms with Crippen LogP contribution in [0, 0.1) is 0 Å². The molecular formula is C13H17F3N2OS. The second-order valence-electron chi connectivity index (χ2n) is 4.84. The molecule has 1 atom stereocenters. The molecule has 1 unspecified atom stereocenters. The predicted octanol–water partition coefficient (Wildman–Crippen LogP) is 2.74. The van der Waals surface area contributed by atoms with Gasteiger partial charge in [0.25, 0.3) is 0 Å². The second kappa shape index (κ2) is 6.13. The number of thiophene rings is 1. The lowest BCUT2D eigenvalue weighted by molar-refractivity contribution is -0.139. The molecule has 20 heavy (non-hydrogen) atoms. The maximum atomic E-state index is 12.1. The molecule has 1 N–H and O–H groups in total. The number of hydrogen-bond acceptors (Lipinski definition) is 3. The third kappa shape index (κ3) is 3.73. The van der Waals surface area contributed by atoms with Crippen molar-refractivity contribution in [3.05, 3.63) is 21.9 Å². The first kappa shape index (κ1) is 15.3. The second-order valence-corrected chi connectivity index (χ2v) is 5.84. The highest BCUT2D eigenvalue weighted by atomic mass is 32.1. The number of nitrogens with one attached hydrogen (secondary N) is 1. The SMILES string of the molecule is CCC1c2ccsc2CCN1CC(=O)NCC(F)(F)F. The van der Waals surface area contributed by atoms with Gasteiger partial charge < -0.3 is 5.32 Å². The largest absolute Gasteiger partial charge is 0.405 e. The third-order valence-electron chi connectivity index (χ3n) is 3.43. The molecule has 112 valence electrons. The van der Waals surface area contributed by atoms with E-state index in [2.05, 4.69) is 0 Å². The van der Waals surface area contributed by atoms with Crippen LogP contribution in [-0.2, 0) is 11.2 Å². The van der Waals surface area contributed by atoms with Gasteiger partial charge in [-0.15, -0.1) is 11.3 Å². The number of alkyl halides is 3. The average molecular weight is 306 g/mol. The normalized spacial score (nSPS) is 19.7. The molecule has 0 aromatic carbocycles. The van der Waals surface area contributed by atoms with E-state index in [0.29, 0.717) is 6.54 Å². The molecule has 2 rings (SSSR count). The molecule has 1 aromatic rings. The van der Waals surface area contributed by atoms with Crippen molar-refractivity contribution in [2.24, 2.45) is 0 Å². The summed E-state index contributed by atoms with van der Waals surface area (Å²) >= 11 is 1.70. The van der Waals surface area contributed by atoms with E-state index in [0.717, 1.165) is 12.8 Å². The van der Waals surface area contributed by atoms with Gasteiger partial charge in [0.2, 0.25) is 5.91 Å². The van der Waals surface area contributed by atoms with Gasteiger partial charge in [-0.25, -0.2) is 0 Å². The van der Waals surface area contributed by atoms with E-state index < -0.39 is 18.6 Å². The van der Waals surface area contributed by atoms with Crippen LogP contribution in [0.25, 0.3) is 0 Å². The Labute approximate surface area is 119 Å². The zero-order valence-corrected chi connectivity index (χ0v) is 12.0. The van der Waals surface area contributed by atoms with E-state index in [1.807, 2.05) is 28.6 Å². The van der Waals surface area contributed by atoms with Crippen LogP contribution in [0.1, 0.15) is 29.8 Å². The van der Waals surface area contributed by atoms with Gasteiger partial charge in [0, 0.05) is 17.5 Å². The van der Waals surface area contributed by atoms with Crippen LogP contribution in [0.2, 0.25) is 0 Å². The maximum absolute atomic E-state index is 12.1. The first-order valence-corrected chi connectivity index (χ1v) is 7.42. The summed E-state index contributed by atoms with van der Waals surface area (Å²) < 4.78 is 36.2. The molecule has 0 radical (unpaired) electrons. The summed E-state index contributed by atoms with van der Waals surface area (Å²) in [4.78, 5) is 14.9. The fourth-order valence-corrected chi connectivity index (χ4v) is 3.48. The van der Waals surface area contributed by atoms with E-state index in [-0.39, 0.29) is 12.6 Å². The van der Waals surface area contributed by atoms with E-state index in [4.69, 9.17) is 0 Å². The molecule has 0 spiro atoms. The number of carbonyl (C=O) groups is 1. The van der Waals surface area contributed by atoms with Crippen molar-refractivity contribution in [1.29, 1.82) is 0 Å². The van der Waals surface area contributed by atoms with Crippen LogP contribution in [0.15, 0.2) is 11.4 Å². The van der Waals surface area contributed by atoms with Gasteiger partial charge in [-0.2, -0.15) is 13.2 Å². The zero-order valence-electron chi connectivity index (χ0n) is 11.2. The van der Waals surface area contributed by atoms with Crippen LogP contribution < -0.4 is 5.32 Å². The Bertz CT molecular complexity index is 472. The highest BCUT2D eigenvalue weighted by molar-refractivity contribution is 7.10. The smallest absolute Gasteiger partial charge is 0.346 e. The van der Waals surface area contributed by atoms with Gasteiger partial charge in [0.1, 0.15) is 6.54 Å². The lowest BCUT2D eigenvalue weighted by Gasteiger charge is -2.34. The summed E-state index contributed by atoms with van der Waals surface area (Å²) in [5.74, 6) is -0.570. The summed E-state index contributed by atoms with van der Waals surface area (Å²) in [6.45, 7) is 1.49. The van der Waals surface area contributed by atoms with Crippen LogP contribution in [-0.4, -0.2) is 36.6 Å². The summed E-state index contributed by atoms with van der Waals surface area (Å²) in [6.07, 6.45) is -2.66. The number of halogens is 3. The fraction of sp³-hybridized carbons (Fsp3) is 0.615. The van der Waals surface area contributed by atoms with Crippen molar-refractivity contribution in [3.63, 3.8) is 0 Å². The Morgan fingerprint density at radius 3 is 2.95 bits per heavy atom. The number of nitrogens with zero attached hydrogens (tertiary/aromatic N) is 1. The maximum Gasteiger partial charge on any atom is 0.405 e. The number of rotatable bonds is 4. The molecule has 7 heteroatoms. The third-order valence-corrected chi connectivity index (χ3v) is 4.42. The quantitative estimate of drug-likeness (QED) is 0.927. The van der Waals surface area contributed by atoms with Crippen molar-refractivity contribution in [2.45, 2.75) is 32.0 Å². The van der Waals surface area contributed by atoms with Crippen molar-refractivity contribution >= 4 is 17.2 Å². The molecule has 0 fully saturated rings. The Balaban J connectivity index is 1.95. The first-order chi connectivity index (χ1) is 9.40. The number of hydrogen-bond donors (Lipinski definition) is 1. The van der Waals surface area contributed by atoms with Crippen molar-refractivity contribution in [2.75, 3.05) is 19.6 Å². The number of amides is 1. The lowest BCUT2D eigenvalue weighted by Crippen LogP contribution is -2.44. The highest BCUT2D eigenvalue weighted by Crippen LogP contribution is 2.34. The monoisotopic (exact) mass is 306 g/mol. The van der Waals surface area contributed by atoms with E-state index in [1.54, 1.807) is 11.3 Å². The first-order valence-electron chi connectivity index (χ1n) is 6.54. The standard InChI is InChI=1S/C13H17F3N2OS/c1-2-10-9-4-6-20-11(9)3-5-18(10)7-12(19)17-8-13(14,15)16/h4,6,10H,2-3,5,7-8H2,1H3,(H,17,19). The van der Waals surface area contributed by atoms with Gasteiger partial charge in [-0.3, -0.25) is 9.69 Å². The van der Waals surface area contributed by atoms with Crippen LogP contribution in [0.5, 0.6) is 0 Å². The van der Waals surface area contributed by atoms with E-state index in [1.165, 1.54) is 10.4 Å². The minimum absolute atomic E-state index is 0.0177. The van der Waals surface area contributed by atoms with E-state index >= 15 is 0 Å². The van der Waals surface area contributed by atoms with Crippen molar-refractivity contribution < 1.29 is 18.0 Å². The topological polar surface area (TPSA) is 32.3 Å². The molecule has 3 nitrogen and oxygen atoms in total. The zero-order chi connectivity index (χ0) is 14.8. The molecule has 1 aromatic heterocycles. The molecule has 2 heterocycles. The predicted molar refractivity (Wildman–Crippen MR) is 71.7 cm³/mol. The van der Waals surface area contributed by atoms with Gasteiger partial charge in [0.05, 0.1) is 6.54 Å². The molecule has 0 bridgehead atoms. The van der Waals surface area contributed by atoms with Gasteiger partial charge >= 0.3 is 6.18 Å². The van der Waals surface area contributed by atoms with Crippen LogP contribution in [0.3, 0.4) is 0 Å². The van der Waals surface area contributed by atoms with Crippen molar-refractivity contribution in [3.8, 4) is 0 Å². The summed E-state index contributed by atoms with van der Waals surface area (Å²) in [5.41, 5.74) is 1.22. The fourth-order valence-electron chi connectivity index (χ4n) is 2.55. The molecule has 0 saturated heterocycles. The molecule has 1 aliphatic rings. The summed E-state index contributed by atoms with van der Waals surface area (Å²) in [6, 6.07) is 2.18. The number of carbonyl (C=O) groups excluding carboxylic acids is 1. The number of fused-ring (bicyclic) bond motifs is 1. The average Bonchev–Trinajstić information content (AvgIpc) is 2.83. The molecular weight excluding hydrogens is 289 g/mol. The molecule has 0 saturated carbocycles. The molecule has 1 aliphatic heterocycles. The Morgan fingerprint density at radius 2 is 2.30 bits per heavy atom.